The third-order valence-electron chi connectivity index (χ3n) is 3.27. The molecule has 23 heavy (non-hydrogen) atoms. The Morgan fingerprint density at radius 3 is 2.65 bits per heavy atom. The second-order valence-corrected chi connectivity index (χ2v) is 5.92. The normalized spacial score (nSPS) is 10.2. The predicted octanol–water partition coefficient (Wildman–Crippen LogP) is 3.72. The third kappa shape index (κ3) is 5.28. The van der Waals surface area contributed by atoms with Crippen molar-refractivity contribution in [3.05, 3.63) is 58.1 Å². The molecular formula is C18H20BrNO3. The van der Waals surface area contributed by atoms with Crippen LogP contribution in [-0.2, 0) is 17.8 Å². The molecule has 0 radical (unpaired) electrons. The van der Waals surface area contributed by atoms with Gasteiger partial charge in [0.1, 0.15) is 0 Å². The Morgan fingerprint density at radius 1 is 1.13 bits per heavy atom. The lowest BCUT2D eigenvalue weighted by Gasteiger charge is -2.11. The van der Waals surface area contributed by atoms with Gasteiger partial charge in [-0.25, -0.2) is 0 Å². The number of rotatable bonds is 7. The summed E-state index contributed by atoms with van der Waals surface area (Å²) < 4.78 is 11.8. The number of hydrogen-bond acceptors (Lipinski definition) is 3. The number of carbonyl (C=O) groups is 1. The standard InChI is InChI=1S/C18H20BrNO3/c1-3-23-17-10-14(7-8-16(17)22-2)12-20-18(21)11-13-5-4-6-15(19)9-13/h4-10H,3,11-12H2,1-2H3,(H,20,21). The van der Waals surface area contributed by atoms with Gasteiger partial charge in [-0.1, -0.05) is 34.1 Å². The van der Waals surface area contributed by atoms with Crippen molar-refractivity contribution in [3.63, 3.8) is 0 Å². The fraction of sp³-hybridized carbons (Fsp3) is 0.278. The highest BCUT2D eigenvalue weighted by atomic mass is 79.9. The molecule has 2 rings (SSSR count). The molecule has 122 valence electrons. The number of amides is 1. The monoisotopic (exact) mass is 377 g/mol. The van der Waals surface area contributed by atoms with Gasteiger partial charge in [0.25, 0.3) is 0 Å². The van der Waals surface area contributed by atoms with E-state index in [9.17, 15) is 4.79 Å². The Balaban J connectivity index is 1.94. The number of halogens is 1. The van der Waals surface area contributed by atoms with Gasteiger partial charge in [0.2, 0.25) is 5.91 Å². The Kier molecular flexibility index (Phi) is 6.47. The average molecular weight is 378 g/mol. The second kappa shape index (κ2) is 8.58. The van der Waals surface area contributed by atoms with Crippen molar-refractivity contribution in [2.75, 3.05) is 13.7 Å². The van der Waals surface area contributed by atoms with E-state index in [4.69, 9.17) is 9.47 Å². The molecule has 4 nitrogen and oxygen atoms in total. The van der Waals surface area contributed by atoms with Crippen molar-refractivity contribution in [1.82, 2.24) is 5.32 Å². The van der Waals surface area contributed by atoms with Crippen LogP contribution in [0.25, 0.3) is 0 Å². The molecule has 0 aromatic heterocycles. The molecule has 5 heteroatoms. The van der Waals surface area contributed by atoms with Crippen LogP contribution in [0.2, 0.25) is 0 Å². The van der Waals surface area contributed by atoms with E-state index >= 15 is 0 Å². The summed E-state index contributed by atoms with van der Waals surface area (Å²) in [5.74, 6) is 1.36. The SMILES string of the molecule is CCOc1cc(CNC(=O)Cc2cccc(Br)c2)ccc1OC. The van der Waals surface area contributed by atoms with E-state index in [-0.39, 0.29) is 5.91 Å². The molecule has 1 amide bonds. The largest absolute Gasteiger partial charge is 0.493 e. The van der Waals surface area contributed by atoms with E-state index in [1.807, 2.05) is 49.4 Å². The number of carbonyl (C=O) groups excluding carboxylic acids is 1. The first-order valence-electron chi connectivity index (χ1n) is 7.43. The minimum atomic E-state index is -0.0168. The maximum absolute atomic E-state index is 12.0. The van der Waals surface area contributed by atoms with Gasteiger partial charge in [0.15, 0.2) is 11.5 Å². The summed E-state index contributed by atoms with van der Waals surface area (Å²) in [6.45, 7) is 2.94. The number of nitrogens with one attached hydrogen (secondary N) is 1. The maximum Gasteiger partial charge on any atom is 0.224 e. The molecule has 0 aliphatic rings. The van der Waals surface area contributed by atoms with Crippen LogP contribution in [0.4, 0.5) is 0 Å². The van der Waals surface area contributed by atoms with Gasteiger partial charge in [-0.3, -0.25) is 4.79 Å². The lowest BCUT2D eigenvalue weighted by atomic mass is 10.1. The molecule has 1 N–H and O–H groups in total. The molecule has 0 bridgehead atoms. The fourth-order valence-electron chi connectivity index (χ4n) is 2.19. The molecule has 2 aromatic rings. The number of methoxy groups -OCH3 is 1. The van der Waals surface area contributed by atoms with Crippen molar-refractivity contribution in [3.8, 4) is 11.5 Å². The van der Waals surface area contributed by atoms with Crippen molar-refractivity contribution in [2.24, 2.45) is 0 Å². The van der Waals surface area contributed by atoms with Crippen LogP contribution in [0, 0.1) is 0 Å². The topological polar surface area (TPSA) is 47.6 Å². The number of ether oxygens (including phenoxy) is 2. The average Bonchev–Trinajstić information content (AvgIpc) is 2.53. The lowest BCUT2D eigenvalue weighted by molar-refractivity contribution is -0.120. The highest BCUT2D eigenvalue weighted by Crippen LogP contribution is 2.27. The quantitative estimate of drug-likeness (QED) is 0.799. The zero-order chi connectivity index (χ0) is 16.7. The van der Waals surface area contributed by atoms with Crippen LogP contribution in [0.15, 0.2) is 46.9 Å². The molecule has 0 saturated heterocycles. The first kappa shape index (κ1) is 17.3. The van der Waals surface area contributed by atoms with E-state index in [1.165, 1.54) is 0 Å². The summed E-state index contributed by atoms with van der Waals surface area (Å²) in [4.78, 5) is 12.0. The molecule has 0 heterocycles. The van der Waals surface area contributed by atoms with Crippen molar-refractivity contribution in [2.45, 2.75) is 19.9 Å². The molecule has 0 fully saturated rings. The second-order valence-electron chi connectivity index (χ2n) is 5.00. The molecule has 0 unspecified atom stereocenters. The van der Waals surface area contributed by atoms with Crippen molar-refractivity contribution >= 4 is 21.8 Å². The highest BCUT2D eigenvalue weighted by Gasteiger charge is 2.07. The maximum atomic E-state index is 12.0. The lowest BCUT2D eigenvalue weighted by Crippen LogP contribution is -2.24. The molecule has 0 saturated carbocycles. The smallest absolute Gasteiger partial charge is 0.224 e. The number of benzene rings is 2. The fourth-order valence-corrected chi connectivity index (χ4v) is 2.64. The zero-order valence-electron chi connectivity index (χ0n) is 13.3. The summed E-state index contributed by atoms with van der Waals surface area (Å²) in [6.07, 6.45) is 0.355. The molecular weight excluding hydrogens is 358 g/mol. The van der Waals surface area contributed by atoms with Crippen LogP contribution in [0.3, 0.4) is 0 Å². The molecule has 0 atom stereocenters. The summed E-state index contributed by atoms with van der Waals surface area (Å²) in [6, 6.07) is 13.4. The van der Waals surface area contributed by atoms with Crippen molar-refractivity contribution < 1.29 is 14.3 Å². The zero-order valence-corrected chi connectivity index (χ0v) is 14.9. The molecule has 2 aromatic carbocycles. The van der Waals surface area contributed by atoms with Gasteiger partial charge < -0.3 is 14.8 Å². The van der Waals surface area contributed by atoms with Gasteiger partial charge in [-0.05, 0) is 42.3 Å². The minimum Gasteiger partial charge on any atom is -0.493 e. The predicted molar refractivity (Wildman–Crippen MR) is 93.9 cm³/mol. The van der Waals surface area contributed by atoms with Crippen LogP contribution in [0.5, 0.6) is 11.5 Å². The first-order chi connectivity index (χ1) is 11.1. The van der Waals surface area contributed by atoms with Crippen LogP contribution < -0.4 is 14.8 Å². The van der Waals surface area contributed by atoms with E-state index in [2.05, 4.69) is 21.2 Å². The third-order valence-corrected chi connectivity index (χ3v) is 3.76. The number of hydrogen-bond donors (Lipinski definition) is 1. The van der Waals surface area contributed by atoms with E-state index in [0.717, 1.165) is 15.6 Å². The van der Waals surface area contributed by atoms with Crippen LogP contribution in [-0.4, -0.2) is 19.6 Å². The van der Waals surface area contributed by atoms with E-state index in [1.54, 1.807) is 7.11 Å². The Bertz CT molecular complexity index is 673. The van der Waals surface area contributed by atoms with Gasteiger partial charge >= 0.3 is 0 Å². The molecule has 0 aliphatic heterocycles. The van der Waals surface area contributed by atoms with Crippen LogP contribution >= 0.6 is 15.9 Å². The summed E-state index contributed by atoms with van der Waals surface area (Å²) >= 11 is 3.41. The Hall–Kier alpha value is -2.01. The van der Waals surface area contributed by atoms with Gasteiger partial charge in [0.05, 0.1) is 20.1 Å². The van der Waals surface area contributed by atoms with Gasteiger partial charge in [0, 0.05) is 11.0 Å². The van der Waals surface area contributed by atoms with Crippen LogP contribution in [0.1, 0.15) is 18.1 Å². The molecule has 0 spiro atoms. The van der Waals surface area contributed by atoms with E-state index in [0.29, 0.717) is 31.1 Å². The summed E-state index contributed by atoms with van der Waals surface area (Å²) in [5, 5.41) is 2.92. The first-order valence-corrected chi connectivity index (χ1v) is 8.22. The minimum absolute atomic E-state index is 0.0168. The van der Waals surface area contributed by atoms with Gasteiger partial charge in [-0.15, -0.1) is 0 Å². The highest BCUT2D eigenvalue weighted by molar-refractivity contribution is 9.10. The van der Waals surface area contributed by atoms with Crippen molar-refractivity contribution in [1.29, 1.82) is 0 Å². The summed E-state index contributed by atoms with van der Waals surface area (Å²) in [5.41, 5.74) is 1.94. The Morgan fingerprint density at radius 2 is 1.96 bits per heavy atom. The van der Waals surface area contributed by atoms with Gasteiger partial charge in [-0.2, -0.15) is 0 Å². The Labute approximate surface area is 144 Å². The van der Waals surface area contributed by atoms with E-state index < -0.39 is 0 Å². The summed E-state index contributed by atoms with van der Waals surface area (Å²) in [7, 11) is 1.61. The molecule has 0 aliphatic carbocycles.